The molecule has 0 saturated carbocycles. The lowest BCUT2D eigenvalue weighted by atomic mass is 10.1. The molecule has 0 amide bonds. The van der Waals surface area contributed by atoms with Crippen LogP contribution in [-0.4, -0.2) is 28.4 Å². The highest BCUT2D eigenvalue weighted by molar-refractivity contribution is 5.93. The first-order valence-corrected chi connectivity index (χ1v) is 6.13. The van der Waals surface area contributed by atoms with Gasteiger partial charge in [0.15, 0.2) is 11.5 Å². The molecule has 1 aromatic carbocycles. The normalized spacial score (nSPS) is 10.8. The number of ether oxygens (including phenoxy) is 4. The summed E-state index contributed by atoms with van der Waals surface area (Å²) < 4.78 is 27.1. The van der Waals surface area contributed by atoms with E-state index in [1.54, 1.807) is 34.5 Å². The molecule has 0 fully saturated rings. The molecule has 2 rings (SSSR count). The molecule has 2 aromatic rings. The molecule has 0 bridgehead atoms. The molecule has 0 spiro atoms. The van der Waals surface area contributed by atoms with Gasteiger partial charge >= 0.3 is 0 Å². The number of fused-ring (bicyclic) bond motifs is 1. The Kier molecular flexibility index (Phi) is 4.36. The van der Waals surface area contributed by atoms with Gasteiger partial charge in [0.1, 0.15) is 11.3 Å². The monoisotopic (exact) mass is 281 g/mol. The SMILES string of the molecule is COCc1c(CN)oc2cc(OC)c(OC)c(OC)c12. The third-order valence-electron chi connectivity index (χ3n) is 3.14. The second-order valence-corrected chi connectivity index (χ2v) is 4.16. The fourth-order valence-corrected chi connectivity index (χ4v) is 2.30. The topological polar surface area (TPSA) is 76.1 Å². The van der Waals surface area contributed by atoms with Crippen LogP contribution in [-0.2, 0) is 17.9 Å². The number of hydrogen-bond donors (Lipinski definition) is 1. The molecule has 0 radical (unpaired) electrons. The summed E-state index contributed by atoms with van der Waals surface area (Å²) >= 11 is 0. The van der Waals surface area contributed by atoms with Gasteiger partial charge in [0.25, 0.3) is 0 Å². The van der Waals surface area contributed by atoms with Gasteiger partial charge in [-0.25, -0.2) is 0 Å². The van der Waals surface area contributed by atoms with Crippen molar-refractivity contribution in [3.63, 3.8) is 0 Å². The van der Waals surface area contributed by atoms with E-state index in [1.165, 1.54) is 0 Å². The predicted molar refractivity (Wildman–Crippen MR) is 74.5 cm³/mol. The zero-order chi connectivity index (χ0) is 14.7. The minimum atomic E-state index is 0.279. The first-order chi connectivity index (χ1) is 9.71. The van der Waals surface area contributed by atoms with E-state index < -0.39 is 0 Å². The molecule has 6 heteroatoms. The second kappa shape index (κ2) is 6.02. The van der Waals surface area contributed by atoms with E-state index in [1.807, 2.05) is 0 Å². The van der Waals surface area contributed by atoms with Crippen LogP contribution in [0.4, 0.5) is 0 Å². The fourth-order valence-electron chi connectivity index (χ4n) is 2.30. The largest absolute Gasteiger partial charge is 0.493 e. The number of benzene rings is 1. The molecule has 0 unspecified atom stereocenters. The summed E-state index contributed by atoms with van der Waals surface area (Å²) in [6.45, 7) is 0.659. The quantitative estimate of drug-likeness (QED) is 0.873. The van der Waals surface area contributed by atoms with Gasteiger partial charge in [0, 0.05) is 18.7 Å². The van der Waals surface area contributed by atoms with Crippen molar-refractivity contribution in [3.05, 3.63) is 17.4 Å². The maximum Gasteiger partial charge on any atom is 0.204 e. The Morgan fingerprint density at radius 3 is 2.25 bits per heavy atom. The number of methoxy groups -OCH3 is 4. The highest BCUT2D eigenvalue weighted by atomic mass is 16.5. The number of rotatable bonds is 6. The molecule has 0 aliphatic rings. The van der Waals surface area contributed by atoms with Gasteiger partial charge in [-0.05, 0) is 0 Å². The van der Waals surface area contributed by atoms with Crippen molar-refractivity contribution in [2.45, 2.75) is 13.2 Å². The van der Waals surface area contributed by atoms with Gasteiger partial charge in [0.2, 0.25) is 5.75 Å². The number of hydrogen-bond acceptors (Lipinski definition) is 6. The lowest BCUT2D eigenvalue weighted by Gasteiger charge is -2.13. The molecule has 20 heavy (non-hydrogen) atoms. The van der Waals surface area contributed by atoms with Crippen molar-refractivity contribution in [2.24, 2.45) is 5.73 Å². The first kappa shape index (κ1) is 14.5. The molecule has 1 heterocycles. The van der Waals surface area contributed by atoms with Crippen LogP contribution in [0.5, 0.6) is 17.2 Å². The molecular formula is C14H19NO5. The Morgan fingerprint density at radius 2 is 1.75 bits per heavy atom. The number of nitrogens with two attached hydrogens (primary N) is 1. The van der Waals surface area contributed by atoms with Crippen LogP contribution in [0, 0.1) is 0 Å². The van der Waals surface area contributed by atoms with E-state index in [0.717, 1.165) is 10.9 Å². The van der Waals surface area contributed by atoms with Crippen LogP contribution in [0.2, 0.25) is 0 Å². The van der Waals surface area contributed by atoms with E-state index in [-0.39, 0.29) is 6.54 Å². The van der Waals surface area contributed by atoms with Crippen molar-refractivity contribution in [3.8, 4) is 17.2 Å². The van der Waals surface area contributed by atoms with Gasteiger partial charge < -0.3 is 29.1 Å². The standard InChI is InChI=1S/C14H19NO5/c1-16-7-8-11(6-15)20-9-5-10(17-2)13(18-3)14(19-4)12(8)9/h5H,6-7,15H2,1-4H3. The molecule has 1 aromatic heterocycles. The van der Waals surface area contributed by atoms with Crippen LogP contribution in [0.15, 0.2) is 10.5 Å². The Bertz CT molecular complexity index is 605. The van der Waals surface area contributed by atoms with Gasteiger partial charge in [-0.2, -0.15) is 0 Å². The average molecular weight is 281 g/mol. The summed E-state index contributed by atoms with van der Waals surface area (Å²) in [4.78, 5) is 0. The van der Waals surface area contributed by atoms with E-state index in [4.69, 9.17) is 29.1 Å². The Balaban J connectivity index is 2.83. The molecule has 0 saturated heterocycles. The van der Waals surface area contributed by atoms with E-state index in [0.29, 0.717) is 35.2 Å². The first-order valence-electron chi connectivity index (χ1n) is 6.13. The minimum absolute atomic E-state index is 0.279. The van der Waals surface area contributed by atoms with Crippen molar-refractivity contribution in [1.29, 1.82) is 0 Å². The lowest BCUT2D eigenvalue weighted by molar-refractivity contribution is 0.183. The Labute approximate surface area is 117 Å². The van der Waals surface area contributed by atoms with E-state index in [9.17, 15) is 0 Å². The zero-order valence-electron chi connectivity index (χ0n) is 12.1. The van der Waals surface area contributed by atoms with Gasteiger partial charge in [-0.3, -0.25) is 0 Å². The average Bonchev–Trinajstić information content (AvgIpc) is 2.83. The van der Waals surface area contributed by atoms with Crippen LogP contribution in [0.25, 0.3) is 11.0 Å². The van der Waals surface area contributed by atoms with Gasteiger partial charge in [0.05, 0.1) is 39.9 Å². The summed E-state index contributed by atoms with van der Waals surface area (Å²) in [5.41, 5.74) is 7.22. The molecule has 0 aliphatic carbocycles. The predicted octanol–water partition coefficient (Wildman–Crippen LogP) is 2.06. The fraction of sp³-hybridized carbons (Fsp3) is 0.429. The smallest absolute Gasteiger partial charge is 0.204 e. The van der Waals surface area contributed by atoms with Crippen molar-refractivity contribution >= 4 is 11.0 Å². The maximum absolute atomic E-state index is 5.76. The van der Waals surface area contributed by atoms with Crippen molar-refractivity contribution < 1.29 is 23.4 Å². The van der Waals surface area contributed by atoms with Crippen molar-refractivity contribution in [2.75, 3.05) is 28.4 Å². The highest BCUT2D eigenvalue weighted by Gasteiger charge is 2.23. The van der Waals surface area contributed by atoms with Crippen LogP contribution in [0.1, 0.15) is 11.3 Å². The number of furan rings is 1. The summed E-state index contributed by atoms with van der Waals surface area (Å²) in [6, 6.07) is 1.76. The molecular weight excluding hydrogens is 262 g/mol. The highest BCUT2D eigenvalue weighted by Crippen LogP contribution is 2.46. The van der Waals surface area contributed by atoms with Crippen LogP contribution < -0.4 is 19.9 Å². The van der Waals surface area contributed by atoms with Crippen molar-refractivity contribution in [1.82, 2.24) is 0 Å². The summed E-state index contributed by atoms with van der Waals surface area (Å²) in [5.74, 6) is 2.27. The van der Waals surface area contributed by atoms with Gasteiger partial charge in [-0.15, -0.1) is 0 Å². The van der Waals surface area contributed by atoms with Crippen LogP contribution >= 0.6 is 0 Å². The van der Waals surface area contributed by atoms with Crippen LogP contribution in [0.3, 0.4) is 0 Å². The summed E-state index contributed by atoms with van der Waals surface area (Å²) in [7, 11) is 6.31. The maximum atomic E-state index is 5.76. The third-order valence-corrected chi connectivity index (χ3v) is 3.14. The molecule has 0 atom stereocenters. The second-order valence-electron chi connectivity index (χ2n) is 4.16. The molecule has 2 N–H and O–H groups in total. The third kappa shape index (κ3) is 2.17. The lowest BCUT2D eigenvalue weighted by Crippen LogP contribution is -2.00. The zero-order valence-corrected chi connectivity index (χ0v) is 12.1. The minimum Gasteiger partial charge on any atom is -0.493 e. The van der Waals surface area contributed by atoms with E-state index >= 15 is 0 Å². The van der Waals surface area contributed by atoms with Gasteiger partial charge in [-0.1, -0.05) is 0 Å². The molecule has 110 valence electrons. The summed E-state index contributed by atoms with van der Waals surface area (Å²) in [6.07, 6.45) is 0. The molecule has 0 aliphatic heterocycles. The Hall–Kier alpha value is -1.92. The van der Waals surface area contributed by atoms with E-state index in [2.05, 4.69) is 0 Å². The summed E-state index contributed by atoms with van der Waals surface area (Å²) in [5, 5.41) is 0.799. The molecule has 6 nitrogen and oxygen atoms in total. The Morgan fingerprint density at radius 1 is 1.05 bits per heavy atom.